The highest BCUT2D eigenvalue weighted by atomic mass is 35.5. The van der Waals surface area contributed by atoms with Gasteiger partial charge in [0.2, 0.25) is 11.4 Å². The molecule has 0 aliphatic rings. The first kappa shape index (κ1) is 20.8. The molecule has 0 unspecified atom stereocenters. The molecule has 0 radical (unpaired) electrons. The SMILES string of the molecule is O/N=[14CH]\c1cccc[n+]1COC[n+]1ccccc1/[14CH]=N\O.[Cl-].[Cl-]. The molecule has 7 nitrogen and oxygen atoms in total. The van der Waals surface area contributed by atoms with Crippen molar-refractivity contribution in [3.63, 3.8) is 0 Å². The Hall–Kier alpha value is -2.22. The number of ether oxygens (including phenoxy) is 1. The van der Waals surface area contributed by atoms with E-state index in [0.29, 0.717) is 13.5 Å². The van der Waals surface area contributed by atoms with Gasteiger partial charge >= 0.3 is 0 Å². The molecule has 2 N–H and O–H groups in total. The third-order valence-electron chi connectivity index (χ3n) is 2.79. The molecule has 2 aromatic rings. The lowest BCUT2D eigenvalue weighted by Crippen LogP contribution is -3.00. The molecule has 0 spiro atoms. The molecule has 0 atom stereocenters. The Morgan fingerprint density at radius 3 is 1.65 bits per heavy atom. The summed E-state index contributed by atoms with van der Waals surface area (Å²) in [6, 6.07) is 11.0. The molecule has 2 rings (SSSR count). The summed E-state index contributed by atoms with van der Waals surface area (Å²) in [5.41, 5.74) is 1.44. The van der Waals surface area contributed by atoms with Gasteiger partial charge in [0.25, 0.3) is 13.5 Å². The van der Waals surface area contributed by atoms with Crippen LogP contribution in [0.3, 0.4) is 0 Å². The molecule has 0 fully saturated rings. The number of hydrogen-bond acceptors (Lipinski definition) is 5. The highest BCUT2D eigenvalue weighted by Crippen LogP contribution is 1.90. The number of rotatable bonds is 6. The van der Waals surface area contributed by atoms with Crippen LogP contribution in [0.4, 0.5) is 0 Å². The second kappa shape index (κ2) is 11.4. The van der Waals surface area contributed by atoms with Crippen LogP contribution in [0.1, 0.15) is 11.4 Å². The molecule has 124 valence electrons. The molecule has 0 aromatic carbocycles. The minimum atomic E-state index is 0. The van der Waals surface area contributed by atoms with E-state index < -0.39 is 0 Å². The summed E-state index contributed by atoms with van der Waals surface area (Å²) in [6.45, 7) is 0.583. The van der Waals surface area contributed by atoms with E-state index in [9.17, 15) is 0 Å². The van der Waals surface area contributed by atoms with E-state index in [2.05, 4.69) is 10.3 Å². The molecule has 0 bridgehead atoms. The Labute approximate surface area is 146 Å². The number of pyridine rings is 2. The van der Waals surface area contributed by atoms with Gasteiger partial charge in [-0.1, -0.05) is 10.3 Å². The summed E-state index contributed by atoms with van der Waals surface area (Å²) in [6.07, 6.45) is 6.32. The van der Waals surface area contributed by atoms with Crippen molar-refractivity contribution < 1.29 is 49.1 Å². The van der Waals surface area contributed by atoms with Crippen LogP contribution in [0.15, 0.2) is 59.1 Å². The summed E-state index contributed by atoms with van der Waals surface area (Å²) in [4.78, 5) is 0. The fraction of sp³-hybridized carbons (Fsp3) is 0.143. The summed E-state index contributed by atoms with van der Waals surface area (Å²) in [5.74, 6) is 0. The first-order chi connectivity index (χ1) is 10.3. The molecule has 2 aromatic heterocycles. The predicted octanol–water partition coefficient (Wildman–Crippen LogP) is -5.48. The van der Waals surface area contributed by atoms with Crippen LogP contribution < -0.4 is 33.9 Å². The van der Waals surface area contributed by atoms with Crippen LogP contribution >= 0.6 is 0 Å². The smallest absolute Gasteiger partial charge is 0.258 e. The minimum Gasteiger partial charge on any atom is -1.00 e. The van der Waals surface area contributed by atoms with E-state index >= 15 is 0 Å². The van der Waals surface area contributed by atoms with Gasteiger partial charge in [0.15, 0.2) is 12.4 Å². The van der Waals surface area contributed by atoms with Crippen LogP contribution in [0, 0.1) is 0 Å². The Bertz CT molecular complexity index is 598. The van der Waals surface area contributed by atoms with E-state index in [4.69, 9.17) is 15.2 Å². The first-order valence-corrected chi connectivity index (χ1v) is 6.24. The van der Waals surface area contributed by atoms with Crippen molar-refractivity contribution in [2.24, 2.45) is 10.3 Å². The van der Waals surface area contributed by atoms with E-state index in [1.54, 1.807) is 9.13 Å². The Morgan fingerprint density at radius 1 is 0.826 bits per heavy atom. The molecule has 9 heteroatoms. The van der Waals surface area contributed by atoms with Crippen molar-refractivity contribution in [2.75, 3.05) is 0 Å². The molecule has 0 aliphatic carbocycles. The van der Waals surface area contributed by atoms with Crippen molar-refractivity contribution in [3.05, 3.63) is 60.2 Å². The van der Waals surface area contributed by atoms with Crippen LogP contribution in [-0.2, 0) is 18.2 Å². The zero-order chi connectivity index (χ0) is 14.9. The fourth-order valence-electron chi connectivity index (χ4n) is 1.80. The van der Waals surface area contributed by atoms with Crippen LogP contribution in [0.5, 0.6) is 0 Å². The highest BCUT2D eigenvalue weighted by molar-refractivity contribution is 5.74. The molecule has 0 saturated heterocycles. The first-order valence-electron chi connectivity index (χ1n) is 6.24. The molecule has 0 aliphatic heterocycles. The monoisotopic (exact) mass is 362 g/mol. The van der Waals surface area contributed by atoms with Crippen molar-refractivity contribution in [3.8, 4) is 0 Å². The van der Waals surface area contributed by atoms with E-state index in [1.165, 1.54) is 12.4 Å². The number of halogens is 2. The van der Waals surface area contributed by atoms with Gasteiger partial charge < -0.3 is 35.2 Å². The van der Waals surface area contributed by atoms with E-state index in [0.717, 1.165) is 11.4 Å². The van der Waals surface area contributed by atoms with Gasteiger partial charge in [-0.15, -0.1) is 0 Å². The van der Waals surface area contributed by atoms with Gasteiger partial charge in [-0.25, -0.2) is 0 Å². The number of hydrogen-bond donors (Lipinski definition) is 2. The number of nitrogens with zero attached hydrogens (tertiary/aromatic N) is 4. The maximum Gasteiger partial charge on any atom is 0.258 e. The van der Waals surface area contributed by atoms with Crippen molar-refractivity contribution >= 4 is 12.4 Å². The third-order valence-corrected chi connectivity index (χ3v) is 2.79. The van der Waals surface area contributed by atoms with Crippen molar-refractivity contribution in [1.82, 2.24) is 0 Å². The zero-order valence-corrected chi connectivity index (χ0v) is 13.5. The summed E-state index contributed by atoms with van der Waals surface area (Å²) < 4.78 is 9.21. The molecule has 0 amide bonds. The van der Waals surface area contributed by atoms with Gasteiger partial charge in [0.05, 0.1) is 0 Å². The number of oxime groups is 2. The van der Waals surface area contributed by atoms with E-state index in [1.807, 2.05) is 48.8 Å². The molecule has 23 heavy (non-hydrogen) atoms. The van der Waals surface area contributed by atoms with Gasteiger partial charge in [0.1, 0.15) is 12.4 Å². The zero-order valence-electron chi connectivity index (χ0n) is 12.0. The highest BCUT2D eigenvalue weighted by Gasteiger charge is 2.11. The Morgan fingerprint density at radius 2 is 1.26 bits per heavy atom. The standard InChI is InChI=1S/C14H14N4O3.2ClH/c19-15-9-13-5-1-3-7-17(13)11-21-12-18-8-4-2-6-14(18)10-16-20;;/h1-10H,11-12H2;2*1H/i9+2,10+2;;. The van der Waals surface area contributed by atoms with Crippen molar-refractivity contribution in [2.45, 2.75) is 13.5 Å². The molecule has 2 heterocycles. The third kappa shape index (κ3) is 6.19. The molecule has 0 saturated carbocycles. The summed E-state index contributed by atoms with van der Waals surface area (Å²) >= 11 is 0. The molecular weight excluding hydrogens is 347 g/mol. The maximum atomic E-state index is 8.62. The minimum absolute atomic E-state index is 0. The summed E-state index contributed by atoms with van der Waals surface area (Å²) in [5, 5.41) is 23.3. The largest absolute Gasteiger partial charge is 1.00 e. The Kier molecular flexibility index (Phi) is 10.3. The molecular formula is C14H16Cl2N4O3. The van der Waals surface area contributed by atoms with Crippen molar-refractivity contribution in [1.29, 1.82) is 0 Å². The van der Waals surface area contributed by atoms with Gasteiger partial charge in [-0.2, -0.15) is 9.13 Å². The topological polar surface area (TPSA) is 82.2 Å². The van der Waals surface area contributed by atoms with Crippen LogP contribution in [0.25, 0.3) is 0 Å². The lowest BCUT2D eigenvalue weighted by Gasteiger charge is -2.01. The van der Waals surface area contributed by atoms with Gasteiger partial charge in [-0.05, 0) is 12.1 Å². The fourth-order valence-corrected chi connectivity index (χ4v) is 1.80. The second-order valence-electron chi connectivity index (χ2n) is 4.14. The number of aromatic nitrogens is 2. The predicted molar refractivity (Wildman–Crippen MR) is 73.1 cm³/mol. The second-order valence-corrected chi connectivity index (χ2v) is 4.14. The normalized spacial score (nSPS) is 10.4. The lowest BCUT2D eigenvalue weighted by atomic mass is 10.4. The van der Waals surface area contributed by atoms with Crippen LogP contribution in [0.2, 0.25) is 0 Å². The Balaban J connectivity index is 0.00000242. The van der Waals surface area contributed by atoms with Gasteiger partial charge in [-0.3, -0.25) is 4.74 Å². The van der Waals surface area contributed by atoms with Gasteiger partial charge in [0, 0.05) is 24.3 Å². The summed E-state index contributed by atoms with van der Waals surface area (Å²) in [7, 11) is 0. The quantitative estimate of drug-likeness (QED) is 0.233. The lowest BCUT2D eigenvalue weighted by molar-refractivity contribution is -0.789. The average Bonchev–Trinajstić information content (AvgIpc) is 2.51. The van der Waals surface area contributed by atoms with Crippen LogP contribution in [-0.4, -0.2) is 22.8 Å². The van der Waals surface area contributed by atoms with E-state index in [-0.39, 0.29) is 24.8 Å². The average molecular weight is 363 g/mol. The maximum absolute atomic E-state index is 8.62.